The summed E-state index contributed by atoms with van der Waals surface area (Å²) in [5.41, 5.74) is 0. The van der Waals surface area contributed by atoms with Crippen molar-refractivity contribution in [3.8, 4) is 5.75 Å². The fourth-order valence-corrected chi connectivity index (χ4v) is 6.08. The van der Waals surface area contributed by atoms with Gasteiger partial charge in [-0.05, 0) is 18.6 Å². The second-order valence-electron chi connectivity index (χ2n) is 6.51. The van der Waals surface area contributed by atoms with Gasteiger partial charge >= 0.3 is 6.36 Å². The first-order valence-corrected chi connectivity index (χ1v) is 11.6. The number of hydrogen-bond acceptors (Lipinski definition) is 6. The van der Waals surface area contributed by atoms with E-state index in [0.717, 1.165) is 20.7 Å². The molecule has 1 aliphatic rings. The maximum atomic E-state index is 13.0. The van der Waals surface area contributed by atoms with Gasteiger partial charge in [0.25, 0.3) is 0 Å². The summed E-state index contributed by atoms with van der Waals surface area (Å²) in [6.07, 6.45) is -2.36. The molecule has 0 amide bonds. The van der Waals surface area contributed by atoms with E-state index in [2.05, 4.69) is 9.84 Å². The van der Waals surface area contributed by atoms with Gasteiger partial charge in [0.05, 0.1) is 6.20 Å². The summed E-state index contributed by atoms with van der Waals surface area (Å²) in [7, 11) is -6.66. The van der Waals surface area contributed by atoms with Crippen molar-refractivity contribution in [3.63, 3.8) is 0 Å². The van der Waals surface area contributed by atoms with Crippen LogP contribution in [-0.2, 0) is 27.1 Å². The molecule has 0 aliphatic carbocycles. The third-order valence-corrected chi connectivity index (χ3v) is 8.22. The Balaban J connectivity index is 1.83. The first-order valence-electron chi connectivity index (χ1n) is 8.75. The Kier molecular flexibility index (Phi) is 6.13. The number of rotatable bonds is 5. The van der Waals surface area contributed by atoms with Gasteiger partial charge in [0.15, 0.2) is 0 Å². The molecule has 0 radical (unpaired) electrons. The average molecular weight is 468 g/mol. The first-order chi connectivity index (χ1) is 13.9. The minimum atomic E-state index is -5.06. The third-order valence-electron chi connectivity index (χ3n) is 4.43. The summed E-state index contributed by atoms with van der Waals surface area (Å²) >= 11 is 0. The van der Waals surface area contributed by atoms with Crippen molar-refractivity contribution in [2.45, 2.75) is 22.6 Å². The van der Waals surface area contributed by atoms with Gasteiger partial charge < -0.3 is 4.74 Å². The van der Waals surface area contributed by atoms with Gasteiger partial charge in [0.1, 0.15) is 15.5 Å². The molecule has 0 N–H and O–H groups in total. The molecule has 0 atom stereocenters. The second kappa shape index (κ2) is 8.17. The number of benzene rings is 1. The number of hydrogen-bond donors (Lipinski definition) is 0. The van der Waals surface area contributed by atoms with Gasteiger partial charge in [-0.2, -0.15) is 13.7 Å². The van der Waals surface area contributed by atoms with E-state index >= 15 is 0 Å². The number of aryl methyl sites for hydroxylation is 1. The van der Waals surface area contributed by atoms with Crippen LogP contribution in [0.25, 0.3) is 0 Å². The van der Waals surface area contributed by atoms with E-state index in [4.69, 9.17) is 0 Å². The molecule has 0 bridgehead atoms. The minimum absolute atomic E-state index is 0.0229. The lowest BCUT2D eigenvalue weighted by Gasteiger charge is -2.22. The van der Waals surface area contributed by atoms with E-state index in [-0.39, 0.29) is 37.5 Å². The molecule has 1 aliphatic heterocycles. The minimum Gasteiger partial charge on any atom is -0.404 e. The van der Waals surface area contributed by atoms with Crippen molar-refractivity contribution in [2.75, 3.05) is 26.2 Å². The molecule has 1 fully saturated rings. The normalized spacial score (nSPS) is 17.6. The Morgan fingerprint density at radius 1 is 0.967 bits per heavy atom. The van der Waals surface area contributed by atoms with Crippen LogP contribution in [-0.4, -0.2) is 67.8 Å². The monoisotopic (exact) mass is 468 g/mol. The summed E-state index contributed by atoms with van der Waals surface area (Å²) in [6, 6.07) is 4.45. The Labute approximate surface area is 171 Å². The Morgan fingerprint density at radius 2 is 1.57 bits per heavy atom. The topological polar surface area (TPSA) is 102 Å². The first kappa shape index (κ1) is 22.5. The van der Waals surface area contributed by atoms with Gasteiger partial charge in [-0.25, -0.2) is 16.8 Å². The van der Waals surface area contributed by atoms with E-state index in [9.17, 15) is 30.0 Å². The summed E-state index contributed by atoms with van der Waals surface area (Å²) < 4.78 is 96.7. The summed E-state index contributed by atoms with van der Waals surface area (Å²) in [5.74, 6) is -0.839. The van der Waals surface area contributed by atoms with Crippen LogP contribution in [0.2, 0.25) is 0 Å². The van der Waals surface area contributed by atoms with E-state index in [0.29, 0.717) is 0 Å². The Bertz CT molecular complexity index is 1120. The molecule has 0 unspecified atom stereocenters. The molecule has 30 heavy (non-hydrogen) atoms. The highest BCUT2D eigenvalue weighted by Gasteiger charge is 2.37. The largest absolute Gasteiger partial charge is 0.573 e. The highest BCUT2D eigenvalue weighted by Crippen LogP contribution is 2.32. The molecule has 0 saturated carbocycles. The van der Waals surface area contributed by atoms with Crippen molar-refractivity contribution in [1.29, 1.82) is 0 Å². The summed E-state index contributed by atoms with van der Waals surface area (Å²) in [6.45, 7) is -0.368. The quantitative estimate of drug-likeness (QED) is 0.658. The average Bonchev–Trinajstić information content (AvgIpc) is 2.93. The molecule has 1 aromatic carbocycles. The molecule has 2 heterocycles. The van der Waals surface area contributed by atoms with Gasteiger partial charge in [-0.15, -0.1) is 13.2 Å². The van der Waals surface area contributed by atoms with Crippen molar-refractivity contribution in [1.82, 2.24) is 18.4 Å². The lowest BCUT2D eigenvalue weighted by Crippen LogP contribution is -2.37. The van der Waals surface area contributed by atoms with Crippen LogP contribution in [0.4, 0.5) is 13.2 Å². The lowest BCUT2D eigenvalue weighted by molar-refractivity contribution is -0.275. The molecular formula is C16H19F3N4O5S2. The number of alkyl halides is 3. The fraction of sp³-hybridized carbons (Fsp3) is 0.438. The maximum absolute atomic E-state index is 13.0. The molecule has 1 saturated heterocycles. The second-order valence-corrected chi connectivity index (χ2v) is 10.4. The number of halogens is 3. The van der Waals surface area contributed by atoms with Crippen molar-refractivity contribution >= 4 is 20.0 Å². The van der Waals surface area contributed by atoms with Crippen LogP contribution in [0.1, 0.15) is 6.42 Å². The smallest absolute Gasteiger partial charge is 0.404 e. The predicted octanol–water partition coefficient (Wildman–Crippen LogP) is 1.40. The predicted molar refractivity (Wildman–Crippen MR) is 98.5 cm³/mol. The Hall–Kier alpha value is -2.16. The number of para-hydroxylation sites is 1. The zero-order valence-corrected chi connectivity index (χ0v) is 17.4. The van der Waals surface area contributed by atoms with Crippen LogP contribution in [0.15, 0.2) is 46.5 Å². The summed E-state index contributed by atoms with van der Waals surface area (Å²) in [4.78, 5) is -0.656. The zero-order chi connectivity index (χ0) is 22.2. The van der Waals surface area contributed by atoms with Crippen LogP contribution in [0, 0.1) is 0 Å². The van der Waals surface area contributed by atoms with E-state index < -0.39 is 37.1 Å². The molecular weight excluding hydrogens is 449 g/mol. The molecule has 2 aromatic rings. The lowest BCUT2D eigenvalue weighted by atomic mass is 10.3. The van der Waals surface area contributed by atoms with E-state index in [1.165, 1.54) is 29.2 Å². The van der Waals surface area contributed by atoms with Crippen LogP contribution < -0.4 is 4.74 Å². The van der Waals surface area contributed by atoms with Crippen LogP contribution in [0.5, 0.6) is 5.75 Å². The van der Waals surface area contributed by atoms with Gasteiger partial charge in [-0.1, -0.05) is 12.1 Å². The maximum Gasteiger partial charge on any atom is 0.573 e. The van der Waals surface area contributed by atoms with Crippen LogP contribution >= 0.6 is 0 Å². The third kappa shape index (κ3) is 4.77. The number of aromatic nitrogens is 2. The number of sulfonamides is 2. The van der Waals surface area contributed by atoms with E-state index in [1.54, 1.807) is 7.05 Å². The van der Waals surface area contributed by atoms with Crippen molar-refractivity contribution < 1.29 is 34.7 Å². The van der Waals surface area contributed by atoms with Gasteiger partial charge in [0.2, 0.25) is 20.0 Å². The molecule has 9 nitrogen and oxygen atoms in total. The van der Waals surface area contributed by atoms with Gasteiger partial charge in [-0.3, -0.25) is 4.68 Å². The zero-order valence-electron chi connectivity index (χ0n) is 15.8. The SMILES string of the molecule is Cn1cc(S(=O)(=O)N2CCCN(S(=O)(=O)c3ccccc3OC(F)(F)F)CC2)cn1. The highest BCUT2D eigenvalue weighted by atomic mass is 32.2. The number of ether oxygens (including phenoxy) is 1. The highest BCUT2D eigenvalue weighted by molar-refractivity contribution is 7.89. The molecule has 3 rings (SSSR count). The summed E-state index contributed by atoms with van der Waals surface area (Å²) in [5, 5.41) is 3.83. The van der Waals surface area contributed by atoms with E-state index in [1.807, 2.05) is 0 Å². The standard InChI is InChI=1S/C16H19F3N4O5S2/c1-21-12-13(11-20-21)29(24,25)22-7-4-8-23(10-9-22)30(26,27)15-6-3-2-5-14(15)28-16(17,18)19/h2-3,5-6,11-12H,4,7-10H2,1H3. The molecule has 0 spiro atoms. The van der Waals surface area contributed by atoms with Crippen molar-refractivity contribution in [2.24, 2.45) is 7.05 Å². The molecule has 166 valence electrons. The van der Waals surface area contributed by atoms with Crippen LogP contribution in [0.3, 0.4) is 0 Å². The molecule has 1 aromatic heterocycles. The fourth-order valence-electron chi connectivity index (χ4n) is 3.04. The van der Waals surface area contributed by atoms with Crippen molar-refractivity contribution in [3.05, 3.63) is 36.7 Å². The van der Waals surface area contributed by atoms with Gasteiger partial charge in [0, 0.05) is 39.4 Å². The number of nitrogens with zero attached hydrogens (tertiary/aromatic N) is 4. The Morgan fingerprint density at radius 3 is 2.13 bits per heavy atom. The molecule has 14 heteroatoms.